The minimum absolute atomic E-state index is 0.0250. The van der Waals surface area contributed by atoms with Crippen LogP contribution in [0, 0.1) is 23.0 Å². The van der Waals surface area contributed by atoms with E-state index in [0.29, 0.717) is 0 Å². The van der Waals surface area contributed by atoms with Gasteiger partial charge in [-0.2, -0.15) is 5.26 Å². The summed E-state index contributed by atoms with van der Waals surface area (Å²) >= 11 is 5.66. The number of anilines is 2. The Hall–Kier alpha value is -2.26. The molecule has 1 heterocycles. The second-order valence-electron chi connectivity index (χ2n) is 3.52. The molecule has 7 heteroatoms. The van der Waals surface area contributed by atoms with Crippen LogP contribution in [0.3, 0.4) is 0 Å². The molecule has 1 aromatic heterocycles. The Morgan fingerprint density at radius 2 is 2.11 bits per heavy atom. The van der Waals surface area contributed by atoms with Gasteiger partial charge >= 0.3 is 0 Å². The first kappa shape index (κ1) is 13.2. The lowest BCUT2D eigenvalue weighted by atomic mass is 10.2. The number of rotatable bonds is 3. The summed E-state index contributed by atoms with van der Waals surface area (Å²) in [4.78, 5) is 8.88. The summed E-state index contributed by atoms with van der Waals surface area (Å²) in [7, 11) is 0. The first-order valence-electron chi connectivity index (χ1n) is 5.20. The summed E-state index contributed by atoms with van der Waals surface area (Å²) in [6, 6.07) is 6.44. The van der Waals surface area contributed by atoms with Crippen molar-refractivity contribution in [1.82, 2.24) is 9.97 Å². The van der Waals surface area contributed by atoms with Crippen LogP contribution in [0.4, 0.5) is 20.3 Å². The monoisotopic (exact) mass is 280 g/mol. The average Bonchev–Trinajstić information content (AvgIpc) is 2.37. The van der Waals surface area contributed by atoms with Crippen LogP contribution in [0.25, 0.3) is 0 Å². The number of halogens is 3. The summed E-state index contributed by atoms with van der Waals surface area (Å²) in [6.45, 7) is -0.157. The van der Waals surface area contributed by atoms with Crippen LogP contribution < -0.4 is 4.90 Å². The van der Waals surface area contributed by atoms with E-state index in [1.807, 2.05) is 6.07 Å². The molecule has 19 heavy (non-hydrogen) atoms. The maximum Gasteiger partial charge on any atom is 0.224 e. The maximum absolute atomic E-state index is 13.7. The molecule has 0 aliphatic carbocycles. The molecule has 0 spiro atoms. The molecule has 0 fully saturated rings. The molecule has 4 nitrogen and oxygen atoms in total. The predicted molar refractivity (Wildman–Crippen MR) is 66.0 cm³/mol. The second-order valence-corrected chi connectivity index (χ2v) is 3.86. The molecule has 0 aliphatic rings. The molecule has 0 aliphatic heterocycles. The van der Waals surface area contributed by atoms with Crippen molar-refractivity contribution in [3.8, 4) is 6.07 Å². The van der Waals surface area contributed by atoms with Crippen LogP contribution in [-0.4, -0.2) is 16.5 Å². The molecular weight excluding hydrogens is 274 g/mol. The highest BCUT2D eigenvalue weighted by molar-refractivity contribution is 6.28. The molecule has 0 atom stereocenters. The van der Waals surface area contributed by atoms with E-state index in [1.54, 1.807) is 0 Å². The van der Waals surface area contributed by atoms with Crippen molar-refractivity contribution in [2.45, 2.75) is 0 Å². The lowest BCUT2D eigenvalue weighted by Crippen LogP contribution is -2.20. The van der Waals surface area contributed by atoms with Gasteiger partial charge in [-0.25, -0.2) is 18.7 Å². The third-order valence-electron chi connectivity index (χ3n) is 2.32. The molecule has 0 saturated heterocycles. The third-order valence-corrected chi connectivity index (χ3v) is 2.50. The fourth-order valence-corrected chi connectivity index (χ4v) is 1.68. The van der Waals surface area contributed by atoms with Gasteiger partial charge in [0.2, 0.25) is 5.28 Å². The topological polar surface area (TPSA) is 52.8 Å². The maximum atomic E-state index is 13.7. The number of aromatic nitrogens is 2. The van der Waals surface area contributed by atoms with Crippen LogP contribution in [0.15, 0.2) is 30.5 Å². The molecule has 96 valence electrons. The standard InChI is InChI=1S/C12H7ClF2N4/c13-12-17-5-3-11(18-12)19(6-4-16)10-2-1-8(14)7-9(10)15/h1-3,5,7H,6H2. The Kier molecular flexibility index (Phi) is 3.88. The summed E-state index contributed by atoms with van der Waals surface area (Å²) in [5.41, 5.74) is 0.0396. The van der Waals surface area contributed by atoms with Gasteiger partial charge in [0.1, 0.15) is 24.0 Å². The number of hydrogen-bond donors (Lipinski definition) is 0. The summed E-state index contributed by atoms with van der Waals surface area (Å²) < 4.78 is 26.6. The van der Waals surface area contributed by atoms with Gasteiger partial charge in [0.25, 0.3) is 0 Å². The van der Waals surface area contributed by atoms with Crippen molar-refractivity contribution in [3.63, 3.8) is 0 Å². The van der Waals surface area contributed by atoms with Crippen molar-refractivity contribution in [1.29, 1.82) is 5.26 Å². The summed E-state index contributed by atoms with van der Waals surface area (Å²) in [6.07, 6.45) is 1.39. The van der Waals surface area contributed by atoms with Gasteiger partial charge in [-0.3, -0.25) is 0 Å². The molecule has 0 N–H and O–H groups in total. The first-order valence-corrected chi connectivity index (χ1v) is 5.57. The zero-order valence-corrected chi connectivity index (χ0v) is 10.3. The minimum Gasteiger partial charge on any atom is -0.310 e. The molecular formula is C12H7ClF2N4. The van der Waals surface area contributed by atoms with Crippen molar-refractivity contribution < 1.29 is 8.78 Å². The van der Waals surface area contributed by atoms with E-state index in [2.05, 4.69) is 9.97 Å². The van der Waals surface area contributed by atoms with Crippen molar-refractivity contribution in [2.24, 2.45) is 0 Å². The SMILES string of the molecule is N#CCN(c1ccnc(Cl)n1)c1ccc(F)cc1F. The molecule has 1 aromatic carbocycles. The van der Waals surface area contributed by atoms with E-state index in [-0.39, 0.29) is 23.3 Å². The number of hydrogen-bond acceptors (Lipinski definition) is 4. The molecule has 0 bridgehead atoms. The van der Waals surface area contributed by atoms with Gasteiger partial charge in [-0.15, -0.1) is 0 Å². The van der Waals surface area contributed by atoms with Gasteiger partial charge in [0.05, 0.1) is 11.8 Å². The Morgan fingerprint density at radius 3 is 2.74 bits per heavy atom. The highest BCUT2D eigenvalue weighted by Crippen LogP contribution is 2.26. The molecule has 0 amide bonds. The van der Waals surface area contributed by atoms with E-state index in [9.17, 15) is 8.78 Å². The fraction of sp³-hybridized carbons (Fsp3) is 0.0833. The van der Waals surface area contributed by atoms with Gasteiger partial charge in [-0.05, 0) is 29.8 Å². The van der Waals surface area contributed by atoms with Gasteiger partial charge in [0, 0.05) is 12.3 Å². The summed E-state index contributed by atoms with van der Waals surface area (Å²) in [5, 5.41) is 8.78. The van der Waals surface area contributed by atoms with Crippen LogP contribution in [0.2, 0.25) is 5.28 Å². The Labute approximate surface area is 112 Å². The minimum atomic E-state index is -0.787. The smallest absolute Gasteiger partial charge is 0.224 e. The molecule has 0 saturated carbocycles. The van der Waals surface area contributed by atoms with Crippen molar-refractivity contribution in [2.75, 3.05) is 11.4 Å². The largest absolute Gasteiger partial charge is 0.310 e. The molecule has 2 aromatic rings. The van der Waals surface area contributed by atoms with Gasteiger partial charge in [0.15, 0.2) is 0 Å². The molecule has 0 unspecified atom stereocenters. The Balaban J connectivity index is 2.49. The predicted octanol–water partition coefficient (Wildman–Crippen LogP) is 3.07. The van der Waals surface area contributed by atoms with E-state index in [0.717, 1.165) is 12.1 Å². The normalized spacial score (nSPS) is 10.0. The lowest BCUT2D eigenvalue weighted by Gasteiger charge is -2.21. The number of benzene rings is 1. The lowest BCUT2D eigenvalue weighted by molar-refractivity contribution is 0.583. The van der Waals surface area contributed by atoms with Crippen LogP contribution >= 0.6 is 11.6 Å². The van der Waals surface area contributed by atoms with Crippen LogP contribution in [0.1, 0.15) is 0 Å². The van der Waals surface area contributed by atoms with Crippen LogP contribution in [-0.2, 0) is 0 Å². The zero-order chi connectivity index (χ0) is 13.8. The molecule has 0 radical (unpaired) electrons. The van der Waals surface area contributed by atoms with E-state index >= 15 is 0 Å². The zero-order valence-electron chi connectivity index (χ0n) is 9.52. The van der Waals surface area contributed by atoms with Gasteiger partial charge in [-0.1, -0.05) is 0 Å². The van der Waals surface area contributed by atoms with Crippen molar-refractivity contribution in [3.05, 3.63) is 47.4 Å². The number of nitrogens with zero attached hydrogens (tertiary/aromatic N) is 4. The first-order chi connectivity index (χ1) is 9.11. The highest BCUT2D eigenvalue weighted by atomic mass is 35.5. The fourth-order valence-electron chi connectivity index (χ4n) is 1.54. The quantitative estimate of drug-likeness (QED) is 0.640. The van der Waals surface area contributed by atoms with E-state index < -0.39 is 11.6 Å². The Morgan fingerprint density at radius 1 is 1.32 bits per heavy atom. The third kappa shape index (κ3) is 2.95. The van der Waals surface area contributed by atoms with E-state index in [4.69, 9.17) is 16.9 Å². The Bertz CT molecular complexity index is 642. The molecule has 2 rings (SSSR count). The highest BCUT2D eigenvalue weighted by Gasteiger charge is 2.15. The second kappa shape index (κ2) is 5.59. The van der Waals surface area contributed by atoms with Crippen molar-refractivity contribution >= 4 is 23.1 Å². The average molecular weight is 281 g/mol. The summed E-state index contributed by atoms with van der Waals surface area (Å²) in [5.74, 6) is -1.23. The van der Waals surface area contributed by atoms with E-state index in [1.165, 1.54) is 23.2 Å². The van der Waals surface area contributed by atoms with Gasteiger partial charge < -0.3 is 4.90 Å². The van der Waals surface area contributed by atoms with Crippen LogP contribution in [0.5, 0.6) is 0 Å². The number of nitriles is 1.